The molecule has 0 fully saturated rings. The first-order valence-corrected chi connectivity index (χ1v) is 6.47. The summed E-state index contributed by atoms with van der Waals surface area (Å²) in [5.41, 5.74) is 7.12. The highest BCUT2D eigenvalue weighted by atomic mass is 35.5. The minimum atomic E-state index is -0.470. The summed E-state index contributed by atoms with van der Waals surface area (Å²) in [5, 5.41) is 0.116. The molecule has 5 heteroatoms. The van der Waals surface area contributed by atoms with Crippen molar-refractivity contribution in [2.45, 2.75) is 13.3 Å². The summed E-state index contributed by atoms with van der Waals surface area (Å²) in [5.74, 6) is -0.470. The van der Waals surface area contributed by atoms with Crippen LogP contribution in [-0.4, -0.2) is 38.6 Å². The highest BCUT2D eigenvalue weighted by molar-refractivity contribution is 6.31. The number of nitrogens with zero attached hydrogens (tertiary/aromatic N) is 2. The van der Waals surface area contributed by atoms with Crippen molar-refractivity contribution in [1.82, 2.24) is 4.90 Å². The van der Waals surface area contributed by atoms with Crippen LogP contribution >= 0.6 is 11.6 Å². The molecule has 1 aromatic carbocycles. The van der Waals surface area contributed by atoms with E-state index in [4.69, 9.17) is 17.3 Å². The average molecular weight is 274 g/mol. The van der Waals surface area contributed by atoms with Crippen molar-refractivity contribution >= 4 is 23.0 Å². The second kappa shape index (κ2) is 6.81. The summed E-state index contributed by atoms with van der Waals surface area (Å²) >= 11 is 5.83. The van der Waals surface area contributed by atoms with Crippen LogP contribution in [0.2, 0.25) is 5.02 Å². The van der Waals surface area contributed by atoms with Crippen LogP contribution in [0.4, 0.5) is 15.8 Å². The maximum Gasteiger partial charge on any atom is 0.143 e. The number of benzene rings is 1. The minimum Gasteiger partial charge on any atom is -0.397 e. The van der Waals surface area contributed by atoms with Gasteiger partial charge in [0.2, 0.25) is 0 Å². The van der Waals surface area contributed by atoms with E-state index < -0.39 is 5.82 Å². The largest absolute Gasteiger partial charge is 0.397 e. The first-order chi connectivity index (χ1) is 8.45. The Kier molecular flexibility index (Phi) is 5.69. The summed E-state index contributed by atoms with van der Waals surface area (Å²) in [4.78, 5) is 4.24. The zero-order chi connectivity index (χ0) is 13.7. The molecule has 1 rings (SSSR count). The number of rotatable bonds is 6. The Morgan fingerprint density at radius 1 is 1.22 bits per heavy atom. The molecule has 0 aliphatic carbocycles. The van der Waals surface area contributed by atoms with E-state index in [2.05, 4.69) is 16.7 Å². The molecule has 3 nitrogen and oxygen atoms in total. The predicted octanol–water partition coefficient (Wildman–Crippen LogP) is 2.84. The monoisotopic (exact) mass is 273 g/mol. The molecule has 0 aliphatic heterocycles. The van der Waals surface area contributed by atoms with E-state index in [0.717, 1.165) is 31.7 Å². The van der Waals surface area contributed by atoms with Crippen molar-refractivity contribution in [3.05, 3.63) is 23.0 Å². The summed E-state index contributed by atoms with van der Waals surface area (Å²) in [6.45, 7) is 4.73. The van der Waals surface area contributed by atoms with Crippen LogP contribution in [0.15, 0.2) is 12.1 Å². The SMILES string of the molecule is CCCN(CCN(C)C)c1cc(Cl)c(F)cc1N. The number of hydrogen-bond acceptors (Lipinski definition) is 3. The third kappa shape index (κ3) is 4.03. The lowest BCUT2D eigenvalue weighted by Gasteiger charge is -2.27. The Morgan fingerprint density at radius 2 is 1.89 bits per heavy atom. The standard InChI is InChI=1S/C13H21ClFN3/c1-4-5-18(7-6-17(2)3)13-8-10(14)11(15)9-12(13)16/h8-9H,4-7,16H2,1-3H3. The second-order valence-corrected chi connectivity index (χ2v) is 5.02. The molecule has 0 aliphatic rings. The van der Waals surface area contributed by atoms with Gasteiger partial charge in [-0.3, -0.25) is 0 Å². The Hall–Kier alpha value is -1.00. The first kappa shape index (κ1) is 15.1. The van der Waals surface area contributed by atoms with Gasteiger partial charge in [-0.25, -0.2) is 4.39 Å². The number of nitrogens with two attached hydrogens (primary N) is 1. The van der Waals surface area contributed by atoms with Gasteiger partial charge in [-0.2, -0.15) is 0 Å². The number of anilines is 2. The van der Waals surface area contributed by atoms with Crippen molar-refractivity contribution in [2.24, 2.45) is 0 Å². The molecule has 0 aromatic heterocycles. The van der Waals surface area contributed by atoms with Crippen LogP contribution in [0.25, 0.3) is 0 Å². The van der Waals surface area contributed by atoms with Gasteiger partial charge in [-0.1, -0.05) is 18.5 Å². The molecule has 0 saturated heterocycles. The Bertz CT molecular complexity index is 396. The van der Waals surface area contributed by atoms with Crippen LogP contribution in [0.1, 0.15) is 13.3 Å². The number of hydrogen-bond donors (Lipinski definition) is 1. The third-order valence-corrected chi connectivity index (χ3v) is 3.01. The molecule has 0 saturated carbocycles. The maximum atomic E-state index is 13.3. The van der Waals surface area contributed by atoms with Crippen LogP contribution in [0.5, 0.6) is 0 Å². The maximum absolute atomic E-state index is 13.3. The Morgan fingerprint density at radius 3 is 2.44 bits per heavy atom. The zero-order valence-corrected chi connectivity index (χ0v) is 12.0. The van der Waals surface area contributed by atoms with Crippen LogP contribution in [-0.2, 0) is 0 Å². The zero-order valence-electron chi connectivity index (χ0n) is 11.2. The second-order valence-electron chi connectivity index (χ2n) is 4.62. The number of nitrogen functional groups attached to an aromatic ring is 1. The molecule has 102 valence electrons. The Labute approximate surface area is 113 Å². The van der Waals surface area contributed by atoms with E-state index in [1.165, 1.54) is 6.07 Å². The van der Waals surface area contributed by atoms with Crippen molar-refractivity contribution in [1.29, 1.82) is 0 Å². The van der Waals surface area contributed by atoms with Gasteiger partial charge in [0, 0.05) is 25.7 Å². The molecule has 1 aromatic rings. The van der Waals surface area contributed by atoms with Crippen molar-refractivity contribution < 1.29 is 4.39 Å². The molecular formula is C13H21ClFN3. The van der Waals surface area contributed by atoms with E-state index in [1.807, 2.05) is 14.1 Å². The summed E-state index contributed by atoms with van der Waals surface area (Å²) in [7, 11) is 4.04. The summed E-state index contributed by atoms with van der Waals surface area (Å²) in [6.07, 6.45) is 1.00. The van der Waals surface area contributed by atoms with Crippen LogP contribution in [0.3, 0.4) is 0 Å². The lowest BCUT2D eigenvalue weighted by Crippen LogP contribution is -2.32. The first-order valence-electron chi connectivity index (χ1n) is 6.10. The van der Waals surface area contributed by atoms with E-state index in [9.17, 15) is 4.39 Å². The van der Waals surface area contributed by atoms with Gasteiger partial charge in [0.05, 0.1) is 16.4 Å². The lowest BCUT2D eigenvalue weighted by molar-refractivity contribution is 0.413. The van der Waals surface area contributed by atoms with Crippen molar-refractivity contribution in [3.63, 3.8) is 0 Å². The van der Waals surface area contributed by atoms with Gasteiger partial charge in [-0.15, -0.1) is 0 Å². The molecular weight excluding hydrogens is 253 g/mol. The molecule has 0 heterocycles. The minimum absolute atomic E-state index is 0.116. The van der Waals surface area contributed by atoms with Gasteiger partial charge in [-0.05, 0) is 26.6 Å². The molecule has 0 spiro atoms. The van der Waals surface area contributed by atoms with E-state index >= 15 is 0 Å². The van der Waals surface area contributed by atoms with Gasteiger partial charge >= 0.3 is 0 Å². The fourth-order valence-electron chi connectivity index (χ4n) is 1.77. The molecule has 2 N–H and O–H groups in total. The van der Waals surface area contributed by atoms with Gasteiger partial charge in [0.25, 0.3) is 0 Å². The van der Waals surface area contributed by atoms with E-state index in [0.29, 0.717) is 5.69 Å². The molecule has 18 heavy (non-hydrogen) atoms. The fraction of sp³-hybridized carbons (Fsp3) is 0.538. The highest BCUT2D eigenvalue weighted by Crippen LogP contribution is 2.29. The Balaban J connectivity index is 2.94. The van der Waals surface area contributed by atoms with Crippen LogP contribution in [0, 0.1) is 5.82 Å². The topological polar surface area (TPSA) is 32.5 Å². The third-order valence-electron chi connectivity index (χ3n) is 2.72. The van der Waals surface area contributed by atoms with Gasteiger partial charge < -0.3 is 15.5 Å². The van der Waals surface area contributed by atoms with E-state index in [-0.39, 0.29) is 5.02 Å². The molecule has 0 atom stereocenters. The average Bonchev–Trinajstić information content (AvgIpc) is 2.29. The predicted molar refractivity (Wildman–Crippen MR) is 76.9 cm³/mol. The molecule has 0 amide bonds. The van der Waals surface area contributed by atoms with Crippen molar-refractivity contribution in [3.8, 4) is 0 Å². The molecule has 0 bridgehead atoms. The molecule has 0 unspecified atom stereocenters. The van der Waals surface area contributed by atoms with Crippen molar-refractivity contribution in [2.75, 3.05) is 44.4 Å². The number of likely N-dealkylation sites (N-methyl/N-ethyl adjacent to an activating group) is 1. The highest BCUT2D eigenvalue weighted by Gasteiger charge is 2.12. The van der Waals surface area contributed by atoms with E-state index in [1.54, 1.807) is 6.07 Å². The van der Waals surface area contributed by atoms with Crippen LogP contribution < -0.4 is 10.6 Å². The van der Waals surface area contributed by atoms with Gasteiger partial charge in [0.1, 0.15) is 5.82 Å². The quantitative estimate of drug-likeness (QED) is 0.809. The summed E-state index contributed by atoms with van der Waals surface area (Å²) in [6, 6.07) is 2.90. The normalized spacial score (nSPS) is 11.0. The lowest BCUT2D eigenvalue weighted by atomic mass is 10.2. The smallest absolute Gasteiger partial charge is 0.143 e. The summed E-state index contributed by atoms with van der Waals surface area (Å²) < 4.78 is 13.3. The fourth-order valence-corrected chi connectivity index (χ4v) is 1.93. The van der Waals surface area contributed by atoms with Gasteiger partial charge in [0.15, 0.2) is 0 Å². The number of halogens is 2. The molecule has 0 radical (unpaired) electrons.